The monoisotopic (exact) mass is 321 g/mol. The molecule has 0 bridgehead atoms. The zero-order chi connectivity index (χ0) is 16.4. The Hall–Kier alpha value is -0.720. The van der Waals surface area contributed by atoms with Crippen molar-refractivity contribution in [3.63, 3.8) is 0 Å². The number of aryl methyl sites for hydroxylation is 3. The molecule has 0 aliphatic heterocycles. The van der Waals surface area contributed by atoms with Gasteiger partial charge in [0.2, 0.25) is 5.30 Å². The van der Waals surface area contributed by atoms with Gasteiger partial charge in [-0.05, 0) is 55.9 Å². The second-order valence-corrected chi connectivity index (χ2v) is 8.65. The zero-order valence-corrected chi connectivity index (χ0v) is 15.7. The molecular weight excluding hydrogens is 291 g/mol. The lowest BCUT2D eigenvalue weighted by molar-refractivity contribution is 0.0538. The Balaban J connectivity index is 2.20. The third-order valence-corrected chi connectivity index (χ3v) is 6.54. The van der Waals surface area contributed by atoms with E-state index in [0.717, 1.165) is 22.9 Å². The molecule has 0 N–H and O–H groups in total. The normalized spacial score (nSPS) is 26.3. The maximum atomic E-state index is 12.9. The first-order valence-electron chi connectivity index (χ1n) is 8.51. The minimum absolute atomic E-state index is 0.132. The van der Waals surface area contributed by atoms with Crippen molar-refractivity contribution < 1.29 is 9.09 Å². The third-order valence-electron chi connectivity index (χ3n) is 5.01. The molecule has 1 aliphatic rings. The first-order chi connectivity index (χ1) is 10.3. The van der Waals surface area contributed by atoms with Gasteiger partial charge in [-0.15, -0.1) is 4.52 Å². The van der Waals surface area contributed by atoms with Crippen molar-refractivity contribution >= 4 is 13.3 Å². The molecule has 1 aromatic carbocycles. The van der Waals surface area contributed by atoms with Gasteiger partial charge in [0.05, 0.1) is 0 Å². The minimum Gasteiger partial charge on any atom is -0.138 e. The van der Waals surface area contributed by atoms with E-state index in [0.29, 0.717) is 17.8 Å². The molecule has 1 aliphatic carbocycles. The number of benzene rings is 1. The highest BCUT2D eigenvalue weighted by Crippen LogP contribution is 2.40. The summed E-state index contributed by atoms with van der Waals surface area (Å²) in [6.07, 6.45) is 3.63. The highest BCUT2D eigenvalue weighted by molar-refractivity contribution is 7.48. The van der Waals surface area contributed by atoms with Crippen LogP contribution in [-0.4, -0.2) is 6.10 Å². The Kier molecular flexibility index (Phi) is 5.80. The Morgan fingerprint density at radius 3 is 2.27 bits per heavy atom. The van der Waals surface area contributed by atoms with Crippen LogP contribution in [-0.2, 0) is 9.09 Å². The van der Waals surface area contributed by atoms with Crippen LogP contribution < -0.4 is 5.30 Å². The van der Waals surface area contributed by atoms with Crippen molar-refractivity contribution in [1.82, 2.24) is 0 Å². The predicted molar refractivity (Wildman–Crippen MR) is 94.1 cm³/mol. The summed E-state index contributed by atoms with van der Waals surface area (Å²) in [6, 6.07) is 4.20. The van der Waals surface area contributed by atoms with E-state index >= 15 is 0 Å². The molecule has 2 nitrogen and oxygen atoms in total. The van der Waals surface area contributed by atoms with E-state index in [9.17, 15) is 4.57 Å². The van der Waals surface area contributed by atoms with Crippen molar-refractivity contribution in [1.29, 1.82) is 0 Å². The summed E-state index contributed by atoms with van der Waals surface area (Å²) in [7, 11) is -1.77. The second-order valence-electron chi connectivity index (χ2n) is 7.47. The van der Waals surface area contributed by atoms with Crippen LogP contribution in [0.4, 0.5) is 0 Å². The molecule has 4 atom stereocenters. The Morgan fingerprint density at radius 2 is 1.73 bits per heavy atom. The molecular formula is C19H30O2P+. The van der Waals surface area contributed by atoms with Crippen LogP contribution in [0.25, 0.3) is 0 Å². The summed E-state index contributed by atoms with van der Waals surface area (Å²) in [5.74, 6) is 1.78. The standard InChI is InChI=1S/C19H30O2P/c1-12(2)17-8-7-13(3)11-18(17)21-22(20)19-15(5)9-14(4)10-16(19)6/h9-10,12-13,17-18H,7-8,11H2,1-6H3/q+1/t13-,17+,18-/m1/s1. The fourth-order valence-corrected chi connectivity index (χ4v) is 5.17. The topological polar surface area (TPSA) is 26.3 Å². The van der Waals surface area contributed by atoms with E-state index < -0.39 is 8.03 Å². The van der Waals surface area contributed by atoms with E-state index in [-0.39, 0.29) is 6.10 Å². The van der Waals surface area contributed by atoms with Gasteiger partial charge in [-0.1, -0.05) is 44.9 Å². The van der Waals surface area contributed by atoms with E-state index in [1.165, 1.54) is 18.4 Å². The van der Waals surface area contributed by atoms with Gasteiger partial charge >= 0.3 is 8.03 Å². The van der Waals surface area contributed by atoms with Crippen molar-refractivity contribution in [3.05, 3.63) is 28.8 Å². The maximum Gasteiger partial charge on any atom is 0.549 e. The van der Waals surface area contributed by atoms with Gasteiger partial charge in [0.15, 0.2) is 0 Å². The molecule has 3 heteroatoms. The summed E-state index contributed by atoms with van der Waals surface area (Å²) in [4.78, 5) is 0. The molecule has 0 heterocycles. The van der Waals surface area contributed by atoms with Crippen LogP contribution in [0.2, 0.25) is 0 Å². The van der Waals surface area contributed by atoms with Gasteiger partial charge in [0, 0.05) is 11.1 Å². The number of hydrogen-bond donors (Lipinski definition) is 0. The van der Waals surface area contributed by atoms with E-state index in [2.05, 4.69) is 39.8 Å². The lowest BCUT2D eigenvalue weighted by Gasteiger charge is -2.33. The molecule has 1 aromatic rings. The smallest absolute Gasteiger partial charge is 0.138 e. The van der Waals surface area contributed by atoms with Crippen LogP contribution in [0, 0.1) is 38.5 Å². The van der Waals surface area contributed by atoms with Gasteiger partial charge in [-0.2, -0.15) is 0 Å². The highest BCUT2D eigenvalue weighted by atomic mass is 31.1. The fourth-order valence-electron chi connectivity index (χ4n) is 3.87. The Bertz CT molecular complexity index is 527. The average Bonchev–Trinajstić information content (AvgIpc) is 2.36. The second kappa shape index (κ2) is 7.23. The SMILES string of the molecule is Cc1cc(C)c([P+](=O)O[C@@H]2C[C@H](C)CC[C@H]2C(C)C)c(C)c1. The lowest BCUT2D eigenvalue weighted by atomic mass is 9.75. The first-order valence-corrected chi connectivity index (χ1v) is 9.69. The maximum absolute atomic E-state index is 12.9. The summed E-state index contributed by atoms with van der Waals surface area (Å²) in [5.41, 5.74) is 3.39. The van der Waals surface area contributed by atoms with Crippen LogP contribution in [0.15, 0.2) is 12.1 Å². The highest BCUT2D eigenvalue weighted by Gasteiger charge is 2.39. The van der Waals surface area contributed by atoms with E-state index in [1.807, 2.05) is 13.8 Å². The van der Waals surface area contributed by atoms with Gasteiger partial charge in [-0.25, -0.2) is 0 Å². The number of rotatable bonds is 4. The van der Waals surface area contributed by atoms with Crippen LogP contribution >= 0.6 is 8.03 Å². The van der Waals surface area contributed by atoms with Gasteiger partial charge in [-0.3, -0.25) is 0 Å². The fraction of sp³-hybridized carbons (Fsp3) is 0.684. The largest absolute Gasteiger partial charge is 0.549 e. The van der Waals surface area contributed by atoms with Gasteiger partial charge in [0.1, 0.15) is 6.10 Å². The van der Waals surface area contributed by atoms with Crippen LogP contribution in [0.5, 0.6) is 0 Å². The Morgan fingerprint density at radius 1 is 1.14 bits per heavy atom. The Labute approximate surface area is 136 Å². The predicted octanol–water partition coefficient (Wildman–Crippen LogP) is 5.46. The molecule has 1 saturated carbocycles. The van der Waals surface area contributed by atoms with E-state index in [1.54, 1.807) is 0 Å². The molecule has 1 fully saturated rings. The van der Waals surface area contributed by atoms with Crippen LogP contribution in [0.1, 0.15) is 56.7 Å². The van der Waals surface area contributed by atoms with Crippen molar-refractivity contribution in [2.24, 2.45) is 17.8 Å². The summed E-state index contributed by atoms with van der Waals surface area (Å²) in [5, 5.41) is 0.904. The third kappa shape index (κ3) is 3.97. The molecule has 0 saturated heterocycles. The minimum atomic E-state index is -1.77. The first kappa shape index (κ1) is 17.6. The van der Waals surface area contributed by atoms with Crippen molar-refractivity contribution in [3.8, 4) is 0 Å². The van der Waals surface area contributed by atoms with Gasteiger partial charge < -0.3 is 0 Å². The van der Waals surface area contributed by atoms with E-state index in [4.69, 9.17) is 4.52 Å². The molecule has 0 aromatic heterocycles. The summed E-state index contributed by atoms with van der Waals surface area (Å²) in [6.45, 7) is 12.9. The molecule has 122 valence electrons. The molecule has 0 amide bonds. The quantitative estimate of drug-likeness (QED) is 0.689. The summed E-state index contributed by atoms with van der Waals surface area (Å²) >= 11 is 0. The van der Waals surface area contributed by atoms with Crippen LogP contribution in [0.3, 0.4) is 0 Å². The number of hydrogen-bond acceptors (Lipinski definition) is 2. The lowest BCUT2D eigenvalue weighted by Crippen LogP contribution is -2.33. The zero-order valence-electron chi connectivity index (χ0n) is 14.8. The molecule has 22 heavy (non-hydrogen) atoms. The molecule has 1 unspecified atom stereocenters. The summed E-state index contributed by atoms with van der Waals surface area (Å²) < 4.78 is 19.0. The average molecular weight is 321 g/mol. The van der Waals surface area contributed by atoms with Gasteiger partial charge in [0.25, 0.3) is 0 Å². The molecule has 0 radical (unpaired) electrons. The van der Waals surface area contributed by atoms with Crippen molar-refractivity contribution in [2.45, 2.75) is 66.9 Å². The molecule has 0 spiro atoms. The molecule has 2 rings (SSSR count). The van der Waals surface area contributed by atoms with Crippen molar-refractivity contribution in [2.75, 3.05) is 0 Å².